The van der Waals surface area contributed by atoms with Crippen LogP contribution in [-0.4, -0.2) is 23.2 Å². The van der Waals surface area contributed by atoms with Gasteiger partial charge in [0.05, 0.1) is 12.2 Å². The number of hydrogen-bond acceptors (Lipinski definition) is 5. The van der Waals surface area contributed by atoms with Gasteiger partial charge in [-0.1, -0.05) is 5.16 Å². The minimum absolute atomic E-state index is 0.151. The van der Waals surface area contributed by atoms with E-state index in [-0.39, 0.29) is 6.10 Å². The molecule has 1 saturated heterocycles. The molecule has 2 aromatic rings. The average Bonchev–Trinajstić information content (AvgIpc) is 3.17. The van der Waals surface area contributed by atoms with Crippen LogP contribution < -0.4 is 0 Å². The van der Waals surface area contributed by atoms with E-state index in [1.54, 1.807) is 6.26 Å². The minimum Gasteiger partial charge on any atom is -0.462 e. The van der Waals surface area contributed by atoms with Gasteiger partial charge in [-0.05, 0) is 31.4 Å². The van der Waals surface area contributed by atoms with E-state index in [2.05, 4.69) is 22.2 Å². The smallest absolute Gasteiger partial charge is 0.133 e. The Labute approximate surface area is 123 Å². The standard InChI is InChI=1S/C16H20N2O3/c1-2-8-19-15(3-1)16-5-4-13(21-16)10-18-7-6-14-12(9-18)11-20-17-14/h4-5,11,15H,1-3,6-10H2/t15-/m0/s1. The molecule has 1 fully saturated rings. The number of aromatic nitrogens is 1. The second-order valence-electron chi connectivity index (χ2n) is 5.91. The van der Waals surface area contributed by atoms with E-state index in [0.717, 1.165) is 56.3 Å². The Balaban J connectivity index is 1.40. The summed E-state index contributed by atoms with van der Waals surface area (Å²) in [7, 11) is 0. The molecule has 5 heteroatoms. The zero-order chi connectivity index (χ0) is 14.1. The highest BCUT2D eigenvalue weighted by Crippen LogP contribution is 2.29. The summed E-state index contributed by atoms with van der Waals surface area (Å²) in [4.78, 5) is 2.36. The van der Waals surface area contributed by atoms with Crippen molar-refractivity contribution in [2.45, 2.75) is 44.9 Å². The fourth-order valence-corrected chi connectivity index (χ4v) is 3.17. The van der Waals surface area contributed by atoms with Gasteiger partial charge in [-0.15, -0.1) is 0 Å². The Morgan fingerprint density at radius 1 is 1.29 bits per heavy atom. The molecule has 0 aliphatic carbocycles. The van der Waals surface area contributed by atoms with Crippen LogP contribution in [0.2, 0.25) is 0 Å². The molecule has 112 valence electrons. The molecule has 4 rings (SSSR count). The summed E-state index contributed by atoms with van der Waals surface area (Å²) in [6.45, 7) is 3.56. The molecule has 0 aromatic carbocycles. The highest BCUT2D eigenvalue weighted by Gasteiger charge is 2.22. The maximum Gasteiger partial charge on any atom is 0.133 e. The molecule has 4 heterocycles. The molecule has 5 nitrogen and oxygen atoms in total. The van der Waals surface area contributed by atoms with Gasteiger partial charge in [0.25, 0.3) is 0 Å². The number of nitrogens with zero attached hydrogens (tertiary/aromatic N) is 2. The Hall–Kier alpha value is -1.59. The van der Waals surface area contributed by atoms with Crippen molar-refractivity contribution in [3.05, 3.63) is 41.2 Å². The van der Waals surface area contributed by atoms with Crippen molar-refractivity contribution in [1.82, 2.24) is 10.1 Å². The lowest BCUT2D eigenvalue weighted by molar-refractivity contribution is 0.000799. The molecular weight excluding hydrogens is 268 g/mol. The van der Waals surface area contributed by atoms with E-state index in [1.807, 2.05) is 0 Å². The fraction of sp³-hybridized carbons (Fsp3) is 0.562. The van der Waals surface area contributed by atoms with Crippen molar-refractivity contribution in [1.29, 1.82) is 0 Å². The van der Waals surface area contributed by atoms with E-state index < -0.39 is 0 Å². The predicted molar refractivity (Wildman–Crippen MR) is 75.6 cm³/mol. The molecule has 21 heavy (non-hydrogen) atoms. The van der Waals surface area contributed by atoms with Gasteiger partial charge in [0.15, 0.2) is 0 Å². The predicted octanol–water partition coefficient (Wildman–Crippen LogP) is 3.07. The van der Waals surface area contributed by atoms with Gasteiger partial charge in [0, 0.05) is 31.7 Å². The first kappa shape index (κ1) is 13.1. The van der Waals surface area contributed by atoms with E-state index >= 15 is 0 Å². The third kappa shape index (κ3) is 2.76. The lowest BCUT2D eigenvalue weighted by Gasteiger charge is -2.24. The molecule has 2 aliphatic rings. The number of ether oxygens (including phenoxy) is 1. The molecule has 2 aromatic heterocycles. The van der Waals surface area contributed by atoms with Gasteiger partial charge in [-0.2, -0.15) is 0 Å². The van der Waals surface area contributed by atoms with Gasteiger partial charge < -0.3 is 13.7 Å². The monoisotopic (exact) mass is 288 g/mol. The lowest BCUT2D eigenvalue weighted by Crippen LogP contribution is -2.29. The van der Waals surface area contributed by atoms with Gasteiger partial charge in [0.2, 0.25) is 0 Å². The Morgan fingerprint density at radius 3 is 3.19 bits per heavy atom. The first-order valence-corrected chi connectivity index (χ1v) is 7.73. The summed E-state index contributed by atoms with van der Waals surface area (Å²) < 4.78 is 16.8. The summed E-state index contributed by atoms with van der Waals surface area (Å²) in [5.74, 6) is 1.99. The van der Waals surface area contributed by atoms with Crippen LogP contribution in [0.5, 0.6) is 0 Å². The van der Waals surface area contributed by atoms with Crippen LogP contribution in [0, 0.1) is 0 Å². The summed E-state index contributed by atoms with van der Waals surface area (Å²) >= 11 is 0. The van der Waals surface area contributed by atoms with Crippen LogP contribution in [0.15, 0.2) is 27.3 Å². The highest BCUT2D eigenvalue weighted by atomic mass is 16.5. The molecule has 1 atom stereocenters. The van der Waals surface area contributed by atoms with Gasteiger partial charge in [-0.25, -0.2) is 0 Å². The summed E-state index contributed by atoms with van der Waals surface area (Å²) in [5.41, 5.74) is 2.30. The largest absolute Gasteiger partial charge is 0.462 e. The summed E-state index contributed by atoms with van der Waals surface area (Å²) in [5, 5.41) is 4.02. The number of rotatable bonds is 3. The molecule has 2 aliphatic heterocycles. The maximum atomic E-state index is 5.99. The van der Waals surface area contributed by atoms with Crippen molar-refractivity contribution in [3.63, 3.8) is 0 Å². The molecule has 0 amide bonds. The van der Waals surface area contributed by atoms with Crippen molar-refractivity contribution < 1.29 is 13.7 Å². The van der Waals surface area contributed by atoms with Crippen LogP contribution in [-0.2, 0) is 24.2 Å². The van der Waals surface area contributed by atoms with Crippen LogP contribution in [0.25, 0.3) is 0 Å². The maximum absolute atomic E-state index is 5.99. The fourth-order valence-electron chi connectivity index (χ4n) is 3.17. The molecule has 0 bridgehead atoms. The highest BCUT2D eigenvalue weighted by molar-refractivity contribution is 5.18. The van der Waals surface area contributed by atoms with E-state index in [9.17, 15) is 0 Å². The van der Waals surface area contributed by atoms with E-state index in [1.165, 1.54) is 18.4 Å². The number of fused-ring (bicyclic) bond motifs is 1. The second kappa shape index (κ2) is 5.66. The first-order chi connectivity index (χ1) is 10.4. The lowest BCUT2D eigenvalue weighted by atomic mass is 10.1. The molecular formula is C16H20N2O3. The Morgan fingerprint density at radius 2 is 2.29 bits per heavy atom. The van der Waals surface area contributed by atoms with E-state index in [0.29, 0.717) is 0 Å². The van der Waals surface area contributed by atoms with Crippen LogP contribution in [0.1, 0.15) is 48.1 Å². The van der Waals surface area contributed by atoms with E-state index in [4.69, 9.17) is 13.7 Å². The zero-order valence-corrected chi connectivity index (χ0v) is 12.1. The van der Waals surface area contributed by atoms with Gasteiger partial charge in [0.1, 0.15) is 23.9 Å². The molecule has 0 saturated carbocycles. The Bertz CT molecular complexity index is 598. The first-order valence-electron chi connectivity index (χ1n) is 7.73. The normalized spacial score (nSPS) is 23.1. The van der Waals surface area contributed by atoms with Gasteiger partial charge >= 0.3 is 0 Å². The SMILES string of the molecule is c1cc([C@@H]2CCCCO2)oc1CN1CCc2nocc2C1. The minimum atomic E-state index is 0.151. The number of hydrogen-bond donors (Lipinski definition) is 0. The molecule has 0 radical (unpaired) electrons. The Kier molecular flexibility index (Phi) is 3.53. The van der Waals surface area contributed by atoms with Crippen molar-refractivity contribution in [3.8, 4) is 0 Å². The molecule has 0 unspecified atom stereocenters. The third-order valence-corrected chi connectivity index (χ3v) is 4.35. The third-order valence-electron chi connectivity index (χ3n) is 4.35. The summed E-state index contributed by atoms with van der Waals surface area (Å²) in [6.07, 6.45) is 6.32. The summed E-state index contributed by atoms with van der Waals surface area (Å²) in [6, 6.07) is 4.15. The van der Waals surface area contributed by atoms with Crippen molar-refractivity contribution >= 4 is 0 Å². The van der Waals surface area contributed by atoms with Gasteiger partial charge in [-0.3, -0.25) is 4.90 Å². The van der Waals surface area contributed by atoms with Crippen LogP contribution in [0.3, 0.4) is 0 Å². The quantitative estimate of drug-likeness (QED) is 0.868. The number of furan rings is 1. The van der Waals surface area contributed by atoms with Crippen molar-refractivity contribution in [2.24, 2.45) is 0 Å². The average molecular weight is 288 g/mol. The zero-order valence-electron chi connectivity index (χ0n) is 12.1. The molecule has 0 spiro atoms. The topological polar surface area (TPSA) is 51.6 Å². The van der Waals surface area contributed by atoms with Crippen molar-refractivity contribution in [2.75, 3.05) is 13.2 Å². The second-order valence-corrected chi connectivity index (χ2v) is 5.91. The molecule has 0 N–H and O–H groups in total. The van der Waals surface area contributed by atoms with Crippen LogP contribution in [0.4, 0.5) is 0 Å². The van der Waals surface area contributed by atoms with Crippen LogP contribution >= 0.6 is 0 Å².